The fourth-order valence-corrected chi connectivity index (χ4v) is 1.43. The zero-order valence-electron chi connectivity index (χ0n) is 6.68. The van der Waals surface area contributed by atoms with E-state index >= 15 is 0 Å². The molecule has 0 aromatic carbocycles. The van der Waals surface area contributed by atoms with Crippen LogP contribution < -0.4 is 0 Å². The van der Waals surface area contributed by atoms with Gasteiger partial charge in [-0.15, -0.1) is 0 Å². The van der Waals surface area contributed by atoms with Crippen molar-refractivity contribution in [3.05, 3.63) is 24.4 Å². The molecule has 2 nitrogen and oxygen atoms in total. The second kappa shape index (κ2) is 3.90. The van der Waals surface area contributed by atoms with E-state index in [9.17, 15) is 0 Å². The lowest BCUT2D eigenvalue weighted by Gasteiger charge is -1.92. The molecule has 0 bridgehead atoms. The van der Waals surface area contributed by atoms with Gasteiger partial charge in [-0.05, 0) is 19.4 Å². The lowest BCUT2D eigenvalue weighted by atomic mass is 10.3. The molecule has 1 heterocycles. The Balaban J connectivity index is 2.77. The highest BCUT2D eigenvalue weighted by atomic mass is 79.9. The van der Waals surface area contributed by atoms with Crippen molar-refractivity contribution in [3.63, 3.8) is 0 Å². The second-order valence-electron chi connectivity index (χ2n) is 2.44. The molecule has 1 aromatic rings. The molecular formula is C8H12BrN2. The van der Waals surface area contributed by atoms with Crippen molar-refractivity contribution in [2.75, 3.05) is 5.33 Å². The monoisotopic (exact) mass is 215 g/mol. The standard InChI is InChI=1S/C8H12BrN2/c1-3-8-6-7(4-5-9)10-11(8)2/h6H,1,3-5H2,2H3. The van der Waals surface area contributed by atoms with Crippen LogP contribution in [0.3, 0.4) is 0 Å². The summed E-state index contributed by atoms with van der Waals surface area (Å²) >= 11 is 3.38. The quantitative estimate of drug-likeness (QED) is 0.703. The van der Waals surface area contributed by atoms with Crippen LogP contribution >= 0.6 is 15.9 Å². The van der Waals surface area contributed by atoms with Gasteiger partial charge in [0.1, 0.15) is 0 Å². The molecule has 0 fully saturated rings. The van der Waals surface area contributed by atoms with Crippen LogP contribution in [0, 0.1) is 6.92 Å². The number of hydrogen-bond acceptors (Lipinski definition) is 1. The first-order chi connectivity index (χ1) is 5.27. The summed E-state index contributed by atoms with van der Waals surface area (Å²) in [7, 11) is 1.96. The molecule has 0 atom stereocenters. The van der Waals surface area contributed by atoms with Gasteiger partial charge in [-0.1, -0.05) is 15.9 Å². The Labute approximate surface area is 75.7 Å². The number of halogens is 1. The molecular weight excluding hydrogens is 204 g/mol. The van der Waals surface area contributed by atoms with E-state index < -0.39 is 0 Å². The normalized spacial score (nSPS) is 10.5. The van der Waals surface area contributed by atoms with E-state index in [1.54, 1.807) is 0 Å². The maximum Gasteiger partial charge on any atom is 0.0635 e. The number of aromatic nitrogens is 2. The molecule has 1 rings (SSSR count). The number of aryl methyl sites for hydroxylation is 2. The van der Waals surface area contributed by atoms with Gasteiger partial charge in [0.25, 0.3) is 0 Å². The van der Waals surface area contributed by atoms with E-state index in [-0.39, 0.29) is 0 Å². The van der Waals surface area contributed by atoms with Crippen molar-refractivity contribution in [1.82, 2.24) is 9.78 Å². The average Bonchev–Trinajstić information content (AvgIpc) is 2.32. The molecule has 0 saturated heterocycles. The molecule has 0 N–H and O–H groups in total. The van der Waals surface area contributed by atoms with E-state index in [4.69, 9.17) is 0 Å². The molecule has 0 saturated carbocycles. The molecule has 3 heteroatoms. The Morgan fingerprint density at radius 3 is 2.91 bits per heavy atom. The maximum absolute atomic E-state index is 4.32. The van der Waals surface area contributed by atoms with Crippen LogP contribution in [0.15, 0.2) is 6.07 Å². The van der Waals surface area contributed by atoms with Crippen molar-refractivity contribution >= 4 is 15.9 Å². The topological polar surface area (TPSA) is 17.8 Å². The minimum atomic E-state index is 0.811. The number of hydrogen-bond donors (Lipinski definition) is 0. The predicted molar refractivity (Wildman–Crippen MR) is 49.8 cm³/mol. The summed E-state index contributed by atoms with van der Waals surface area (Å²) in [6.45, 7) is 3.82. The van der Waals surface area contributed by atoms with Gasteiger partial charge in [0.05, 0.1) is 5.69 Å². The van der Waals surface area contributed by atoms with Gasteiger partial charge >= 0.3 is 0 Å². The van der Waals surface area contributed by atoms with Gasteiger partial charge in [-0.2, -0.15) is 5.10 Å². The fraction of sp³-hybridized carbons (Fsp3) is 0.500. The Morgan fingerprint density at radius 1 is 1.73 bits per heavy atom. The van der Waals surface area contributed by atoms with Crippen molar-refractivity contribution in [3.8, 4) is 0 Å². The van der Waals surface area contributed by atoms with Gasteiger partial charge in [-0.3, -0.25) is 4.68 Å². The zero-order chi connectivity index (χ0) is 8.27. The molecule has 0 amide bonds. The van der Waals surface area contributed by atoms with Gasteiger partial charge < -0.3 is 0 Å². The van der Waals surface area contributed by atoms with Gasteiger partial charge in [0, 0.05) is 24.5 Å². The molecule has 0 aliphatic rings. The van der Waals surface area contributed by atoms with Crippen LogP contribution in [0.1, 0.15) is 11.4 Å². The van der Waals surface area contributed by atoms with Crippen LogP contribution in [0.5, 0.6) is 0 Å². The summed E-state index contributed by atoms with van der Waals surface area (Å²) in [5.41, 5.74) is 2.34. The van der Waals surface area contributed by atoms with Crippen LogP contribution in [0.25, 0.3) is 0 Å². The number of nitrogens with zero attached hydrogens (tertiary/aromatic N) is 2. The molecule has 0 aliphatic carbocycles. The van der Waals surface area contributed by atoms with Crippen LogP contribution in [0.4, 0.5) is 0 Å². The molecule has 1 aromatic heterocycles. The SMILES string of the molecule is [CH2]Cc1cc(CCBr)nn1C. The maximum atomic E-state index is 4.32. The molecule has 0 aliphatic heterocycles. The summed E-state index contributed by atoms with van der Waals surface area (Å²) < 4.78 is 1.89. The van der Waals surface area contributed by atoms with E-state index in [1.165, 1.54) is 5.69 Å². The van der Waals surface area contributed by atoms with Crippen LogP contribution in [0.2, 0.25) is 0 Å². The average molecular weight is 216 g/mol. The van der Waals surface area contributed by atoms with E-state index in [2.05, 4.69) is 34.0 Å². The summed E-state index contributed by atoms with van der Waals surface area (Å²) in [5, 5.41) is 5.29. The minimum absolute atomic E-state index is 0.811. The highest BCUT2D eigenvalue weighted by Gasteiger charge is 2.01. The van der Waals surface area contributed by atoms with E-state index in [0.717, 1.165) is 23.9 Å². The van der Waals surface area contributed by atoms with Crippen LogP contribution in [-0.2, 0) is 19.9 Å². The third-order valence-corrected chi connectivity index (χ3v) is 2.03. The first kappa shape index (κ1) is 8.78. The van der Waals surface area contributed by atoms with Crippen molar-refractivity contribution < 1.29 is 0 Å². The molecule has 11 heavy (non-hydrogen) atoms. The van der Waals surface area contributed by atoms with Crippen molar-refractivity contribution in [1.29, 1.82) is 0 Å². The van der Waals surface area contributed by atoms with Crippen molar-refractivity contribution in [2.24, 2.45) is 7.05 Å². The number of rotatable bonds is 3. The minimum Gasteiger partial charge on any atom is -0.272 e. The summed E-state index contributed by atoms with van der Waals surface area (Å²) in [6, 6.07) is 2.11. The summed E-state index contributed by atoms with van der Waals surface area (Å²) in [6.07, 6.45) is 1.81. The molecule has 1 radical (unpaired) electrons. The predicted octanol–water partition coefficient (Wildman–Crippen LogP) is 1.73. The fourth-order valence-electron chi connectivity index (χ4n) is 1.02. The highest BCUT2D eigenvalue weighted by molar-refractivity contribution is 9.09. The zero-order valence-corrected chi connectivity index (χ0v) is 8.26. The summed E-state index contributed by atoms with van der Waals surface area (Å²) in [5.74, 6) is 0. The second-order valence-corrected chi connectivity index (χ2v) is 3.23. The Morgan fingerprint density at radius 2 is 2.45 bits per heavy atom. The summed E-state index contributed by atoms with van der Waals surface area (Å²) in [4.78, 5) is 0. The smallest absolute Gasteiger partial charge is 0.0635 e. The van der Waals surface area contributed by atoms with E-state index in [0.29, 0.717) is 0 Å². The molecule has 61 valence electrons. The van der Waals surface area contributed by atoms with Crippen molar-refractivity contribution in [2.45, 2.75) is 12.8 Å². The van der Waals surface area contributed by atoms with Gasteiger partial charge in [0.2, 0.25) is 0 Å². The van der Waals surface area contributed by atoms with E-state index in [1.807, 2.05) is 11.7 Å². The Kier molecular flexibility index (Phi) is 3.12. The van der Waals surface area contributed by atoms with Gasteiger partial charge in [0.15, 0.2) is 0 Å². The Bertz CT molecular complexity index is 230. The molecule has 0 unspecified atom stereocenters. The molecule has 0 spiro atoms. The third-order valence-electron chi connectivity index (χ3n) is 1.63. The lowest BCUT2D eigenvalue weighted by molar-refractivity contribution is 0.713. The first-order valence-electron chi connectivity index (χ1n) is 3.65. The highest BCUT2D eigenvalue weighted by Crippen LogP contribution is 2.04. The Hall–Kier alpha value is -0.310. The first-order valence-corrected chi connectivity index (χ1v) is 4.77. The number of alkyl halides is 1. The van der Waals surface area contributed by atoms with Crippen LogP contribution in [-0.4, -0.2) is 15.1 Å². The largest absolute Gasteiger partial charge is 0.272 e. The lowest BCUT2D eigenvalue weighted by Crippen LogP contribution is -1.96. The third kappa shape index (κ3) is 2.06. The van der Waals surface area contributed by atoms with Gasteiger partial charge in [-0.25, -0.2) is 0 Å².